The number of carboxylic acid groups (broad SMARTS) is 1. The molecule has 1 aliphatic carbocycles. The molecule has 4 rings (SSSR count). The molecule has 0 spiro atoms. The third-order valence-electron chi connectivity index (χ3n) is 5.91. The Hall–Kier alpha value is -2.15. The van der Waals surface area contributed by atoms with Crippen molar-refractivity contribution in [1.82, 2.24) is 0 Å². The second-order valence-corrected chi connectivity index (χ2v) is 9.97. The van der Waals surface area contributed by atoms with Crippen LogP contribution in [-0.2, 0) is 4.79 Å². The third kappa shape index (κ3) is 3.47. The number of carboxylic acids is 1. The van der Waals surface area contributed by atoms with Gasteiger partial charge in [-0.3, -0.25) is 9.79 Å². The molecule has 162 valence electrons. The van der Waals surface area contributed by atoms with Crippen LogP contribution in [0.3, 0.4) is 0 Å². The highest BCUT2D eigenvalue weighted by molar-refractivity contribution is 6.38. The van der Waals surface area contributed by atoms with Crippen molar-refractivity contribution in [3.63, 3.8) is 0 Å². The molecule has 1 aromatic rings. The Balaban J connectivity index is 1.89. The summed E-state index contributed by atoms with van der Waals surface area (Å²) in [5.74, 6) is -2.63. The Morgan fingerprint density at radius 3 is 2.47 bits per heavy atom. The fourth-order valence-electron chi connectivity index (χ4n) is 4.22. The van der Waals surface area contributed by atoms with Gasteiger partial charge in [-0.2, -0.15) is 0 Å². The summed E-state index contributed by atoms with van der Waals surface area (Å²) in [5, 5.41) is 10.3. The number of ketones is 1. The molecular weight excluding hydrogens is 409 g/mol. The normalized spacial score (nSPS) is 24.6. The molecule has 1 aromatic carbocycles. The summed E-state index contributed by atoms with van der Waals surface area (Å²) < 4.78 is 15.2. The van der Waals surface area contributed by atoms with Gasteiger partial charge in [0.15, 0.2) is 0 Å². The molecule has 2 heterocycles. The number of Topliss-reactive ketones (excluding diaryl/α,β-unsaturated/α-hetero) is 1. The van der Waals surface area contributed by atoms with E-state index in [9.17, 15) is 14.7 Å². The molecule has 0 amide bonds. The first-order valence-electron chi connectivity index (χ1n) is 10.4. The number of nitrogens with zero attached hydrogens (tertiary/aromatic N) is 3. The van der Waals surface area contributed by atoms with Crippen molar-refractivity contribution in [2.45, 2.75) is 58.0 Å². The summed E-state index contributed by atoms with van der Waals surface area (Å²) >= 11 is 6.70. The zero-order chi connectivity index (χ0) is 21.8. The van der Waals surface area contributed by atoms with Crippen LogP contribution in [0.25, 0.3) is 0 Å². The standard InChI is InChI=1S/C22H27ClFN3O3/c1-21(2,3)11-25-22(20(29)30)12-27(13-6-7-13)17-14(19(22)28)10-15(24)18(16(17)23)26-8-4-5-9-26/h10-11,13H,4-9,12H2,1-3H3,(H,29,30). The number of aliphatic imine (C=N–C) groups is 1. The van der Waals surface area contributed by atoms with Crippen LogP contribution in [0.2, 0.25) is 5.02 Å². The van der Waals surface area contributed by atoms with E-state index in [-0.39, 0.29) is 23.2 Å². The molecule has 3 aliphatic rings. The number of carbonyl (C=O) groups is 2. The zero-order valence-corrected chi connectivity index (χ0v) is 18.3. The first kappa shape index (κ1) is 21.1. The average Bonchev–Trinajstić information content (AvgIpc) is 3.36. The topological polar surface area (TPSA) is 73.2 Å². The molecule has 8 heteroatoms. The van der Waals surface area contributed by atoms with Gasteiger partial charge in [-0.05, 0) is 37.2 Å². The minimum atomic E-state index is -2.01. The fourth-order valence-corrected chi connectivity index (χ4v) is 4.64. The lowest BCUT2D eigenvalue weighted by atomic mass is 9.83. The highest BCUT2D eigenvalue weighted by Crippen LogP contribution is 2.49. The number of rotatable bonds is 4. The Morgan fingerprint density at radius 2 is 1.93 bits per heavy atom. The van der Waals surface area contributed by atoms with Gasteiger partial charge in [-0.1, -0.05) is 32.4 Å². The minimum absolute atomic E-state index is 0.00653. The average molecular weight is 436 g/mol. The van der Waals surface area contributed by atoms with E-state index in [1.165, 1.54) is 6.21 Å². The summed E-state index contributed by atoms with van der Waals surface area (Å²) in [4.78, 5) is 33.9. The lowest BCUT2D eigenvalue weighted by Crippen LogP contribution is -2.58. The van der Waals surface area contributed by atoms with E-state index in [4.69, 9.17) is 11.6 Å². The molecule has 1 saturated heterocycles. The van der Waals surface area contributed by atoms with Crippen LogP contribution >= 0.6 is 11.6 Å². The second kappa shape index (κ2) is 7.22. The maximum absolute atomic E-state index is 15.2. The summed E-state index contributed by atoms with van der Waals surface area (Å²) in [5.41, 5.74) is -1.64. The van der Waals surface area contributed by atoms with Crippen molar-refractivity contribution in [2.24, 2.45) is 10.4 Å². The van der Waals surface area contributed by atoms with Crippen molar-refractivity contribution in [1.29, 1.82) is 0 Å². The van der Waals surface area contributed by atoms with Crippen LogP contribution in [0.4, 0.5) is 15.8 Å². The number of benzene rings is 1. The van der Waals surface area contributed by atoms with Crippen LogP contribution in [-0.4, -0.2) is 54.3 Å². The number of anilines is 2. The van der Waals surface area contributed by atoms with Crippen LogP contribution < -0.4 is 9.80 Å². The van der Waals surface area contributed by atoms with E-state index in [1.807, 2.05) is 30.6 Å². The van der Waals surface area contributed by atoms with Crippen molar-refractivity contribution in [3.05, 3.63) is 22.5 Å². The van der Waals surface area contributed by atoms with Gasteiger partial charge in [0.05, 0.1) is 22.9 Å². The van der Waals surface area contributed by atoms with Gasteiger partial charge in [0.1, 0.15) is 5.82 Å². The molecule has 0 aromatic heterocycles. The van der Waals surface area contributed by atoms with E-state index < -0.39 is 28.5 Å². The molecule has 1 unspecified atom stereocenters. The predicted molar refractivity (Wildman–Crippen MR) is 116 cm³/mol. The Kier molecular flexibility index (Phi) is 5.08. The van der Waals surface area contributed by atoms with E-state index in [0.717, 1.165) is 31.7 Å². The van der Waals surface area contributed by atoms with E-state index in [2.05, 4.69) is 4.99 Å². The van der Waals surface area contributed by atoms with Gasteiger partial charge in [0.2, 0.25) is 11.3 Å². The molecule has 1 N–H and O–H groups in total. The number of hydrogen-bond donors (Lipinski definition) is 1. The number of fused-ring (bicyclic) bond motifs is 1. The maximum atomic E-state index is 15.2. The summed E-state index contributed by atoms with van der Waals surface area (Å²) in [6.07, 6.45) is 5.17. The van der Waals surface area contributed by atoms with Crippen LogP contribution in [0, 0.1) is 11.2 Å². The molecule has 1 saturated carbocycles. The van der Waals surface area contributed by atoms with E-state index >= 15 is 4.39 Å². The fraction of sp³-hybridized carbons (Fsp3) is 0.591. The number of aliphatic carboxylic acids is 1. The van der Waals surface area contributed by atoms with Gasteiger partial charge in [0, 0.05) is 30.9 Å². The summed E-state index contributed by atoms with van der Waals surface area (Å²) in [7, 11) is 0. The van der Waals surface area contributed by atoms with Crippen LogP contribution in [0.1, 0.15) is 56.8 Å². The predicted octanol–water partition coefficient (Wildman–Crippen LogP) is 4.18. The third-order valence-corrected chi connectivity index (χ3v) is 6.27. The SMILES string of the molecule is CC(C)(C)C=NC1(C(=O)O)CN(C2CC2)c2c(cc(F)c(N3CCCC3)c2Cl)C1=O. The first-order chi connectivity index (χ1) is 14.0. The monoisotopic (exact) mass is 435 g/mol. The number of hydrogen-bond acceptors (Lipinski definition) is 5. The van der Waals surface area contributed by atoms with Crippen molar-refractivity contribution in [2.75, 3.05) is 29.4 Å². The highest BCUT2D eigenvalue weighted by Gasteiger charge is 2.55. The molecule has 2 fully saturated rings. The molecule has 6 nitrogen and oxygen atoms in total. The lowest BCUT2D eigenvalue weighted by Gasteiger charge is -2.40. The summed E-state index contributed by atoms with van der Waals surface area (Å²) in [6, 6.07) is 1.24. The Morgan fingerprint density at radius 1 is 1.30 bits per heavy atom. The van der Waals surface area contributed by atoms with Crippen molar-refractivity contribution in [3.8, 4) is 0 Å². The largest absolute Gasteiger partial charge is 0.479 e. The number of carbonyl (C=O) groups excluding carboxylic acids is 1. The quantitative estimate of drug-likeness (QED) is 0.567. The lowest BCUT2D eigenvalue weighted by molar-refractivity contribution is -0.141. The van der Waals surface area contributed by atoms with Crippen LogP contribution in [0.15, 0.2) is 11.1 Å². The minimum Gasteiger partial charge on any atom is -0.479 e. The van der Waals surface area contributed by atoms with Crippen molar-refractivity contribution < 1.29 is 19.1 Å². The van der Waals surface area contributed by atoms with Gasteiger partial charge in [0.25, 0.3) is 0 Å². The molecule has 0 bridgehead atoms. The van der Waals surface area contributed by atoms with Gasteiger partial charge in [-0.25, -0.2) is 9.18 Å². The molecular formula is C22H27ClFN3O3. The maximum Gasteiger partial charge on any atom is 0.341 e. The van der Waals surface area contributed by atoms with Crippen LogP contribution in [0.5, 0.6) is 0 Å². The Labute approximate surface area is 180 Å². The van der Waals surface area contributed by atoms with Crippen molar-refractivity contribution >= 4 is 40.9 Å². The molecule has 1 atom stereocenters. The van der Waals surface area contributed by atoms with Gasteiger partial charge in [-0.15, -0.1) is 0 Å². The van der Waals surface area contributed by atoms with Gasteiger partial charge < -0.3 is 14.9 Å². The highest BCUT2D eigenvalue weighted by atomic mass is 35.5. The summed E-state index contributed by atoms with van der Waals surface area (Å²) in [6.45, 7) is 6.96. The second-order valence-electron chi connectivity index (χ2n) is 9.59. The Bertz CT molecular complexity index is 933. The zero-order valence-electron chi connectivity index (χ0n) is 17.5. The molecule has 0 radical (unpaired) electrons. The first-order valence-corrected chi connectivity index (χ1v) is 10.8. The van der Waals surface area contributed by atoms with Gasteiger partial charge >= 0.3 is 5.97 Å². The van der Waals surface area contributed by atoms with E-state index in [0.29, 0.717) is 24.5 Å². The smallest absolute Gasteiger partial charge is 0.341 e. The molecule has 30 heavy (non-hydrogen) atoms. The van der Waals surface area contributed by atoms with E-state index in [1.54, 1.807) is 0 Å². The number of halogens is 2. The molecule has 2 aliphatic heterocycles.